The number of halogens is 1. The van der Waals surface area contributed by atoms with Crippen molar-refractivity contribution in [2.75, 3.05) is 11.0 Å². The third-order valence-electron chi connectivity index (χ3n) is 3.93. The maximum Gasteiger partial charge on any atom is 0.229 e. The van der Waals surface area contributed by atoms with Gasteiger partial charge in [0.2, 0.25) is 10.0 Å². The Balaban J connectivity index is 2.17. The van der Waals surface area contributed by atoms with Gasteiger partial charge in [-0.3, -0.25) is 4.72 Å². The Kier molecular flexibility index (Phi) is 4.23. The molecular weight excluding hydrogens is 341 g/mol. The fourth-order valence-corrected chi connectivity index (χ4v) is 3.39. The van der Waals surface area contributed by atoms with Gasteiger partial charge in [0.25, 0.3) is 0 Å². The van der Waals surface area contributed by atoms with Gasteiger partial charge in [-0.15, -0.1) is 0 Å². The second kappa shape index (κ2) is 6.22. The summed E-state index contributed by atoms with van der Waals surface area (Å²) in [5, 5.41) is 9.75. The number of benzene rings is 2. The van der Waals surface area contributed by atoms with Crippen LogP contribution >= 0.6 is 0 Å². The van der Waals surface area contributed by atoms with Crippen LogP contribution in [0, 0.1) is 17.1 Å². The lowest BCUT2D eigenvalue weighted by atomic mass is 10.0. The van der Waals surface area contributed by atoms with E-state index >= 15 is 0 Å². The van der Waals surface area contributed by atoms with E-state index in [4.69, 9.17) is 5.26 Å². The molecule has 3 aromatic rings. The van der Waals surface area contributed by atoms with Crippen LogP contribution in [0.5, 0.6) is 0 Å². The minimum atomic E-state index is -3.36. The number of anilines is 1. The molecule has 25 heavy (non-hydrogen) atoms. The third kappa shape index (κ3) is 3.35. The summed E-state index contributed by atoms with van der Waals surface area (Å²) in [7, 11) is -3.36. The maximum absolute atomic E-state index is 14.0. The Labute approximate surface area is 145 Å². The van der Waals surface area contributed by atoms with E-state index in [0.717, 1.165) is 22.7 Å². The Morgan fingerprint density at radius 1 is 1.24 bits per heavy atom. The van der Waals surface area contributed by atoms with Crippen molar-refractivity contribution in [3.63, 3.8) is 0 Å². The molecule has 128 valence electrons. The van der Waals surface area contributed by atoms with Crippen molar-refractivity contribution in [1.29, 1.82) is 5.26 Å². The minimum Gasteiger partial charge on any atom is -0.347 e. The molecule has 0 saturated heterocycles. The van der Waals surface area contributed by atoms with Crippen LogP contribution in [0.3, 0.4) is 0 Å². The number of hydrogen-bond acceptors (Lipinski definition) is 3. The molecule has 0 aliphatic heterocycles. The van der Waals surface area contributed by atoms with Crippen molar-refractivity contribution in [2.24, 2.45) is 0 Å². The summed E-state index contributed by atoms with van der Waals surface area (Å²) in [4.78, 5) is 0. The Hall–Kier alpha value is -2.85. The molecule has 0 aliphatic carbocycles. The fraction of sp³-hybridized carbons (Fsp3) is 0.167. The molecule has 0 aliphatic rings. The Morgan fingerprint density at radius 2 is 2.00 bits per heavy atom. The average Bonchev–Trinajstić information content (AvgIpc) is 2.91. The Morgan fingerprint density at radius 3 is 2.60 bits per heavy atom. The van der Waals surface area contributed by atoms with Gasteiger partial charge in [0, 0.05) is 23.7 Å². The largest absolute Gasteiger partial charge is 0.347 e. The van der Waals surface area contributed by atoms with Gasteiger partial charge < -0.3 is 4.57 Å². The lowest BCUT2D eigenvalue weighted by Crippen LogP contribution is -2.09. The van der Waals surface area contributed by atoms with Gasteiger partial charge in [-0.25, -0.2) is 12.8 Å². The van der Waals surface area contributed by atoms with E-state index < -0.39 is 15.8 Å². The van der Waals surface area contributed by atoms with Gasteiger partial charge in [0.15, 0.2) is 0 Å². The molecule has 1 heterocycles. The lowest BCUT2D eigenvalue weighted by Gasteiger charge is -2.06. The van der Waals surface area contributed by atoms with Gasteiger partial charge in [0.1, 0.15) is 11.9 Å². The molecule has 7 heteroatoms. The van der Waals surface area contributed by atoms with Crippen molar-refractivity contribution >= 4 is 26.6 Å². The van der Waals surface area contributed by atoms with E-state index in [2.05, 4.69) is 4.72 Å². The number of aromatic nitrogens is 1. The SMILES string of the molecule is CCn1cc(-c2ccc(C#N)c(F)c2)c2ccc(NS(C)(=O)=O)cc21. The van der Waals surface area contributed by atoms with E-state index in [-0.39, 0.29) is 5.56 Å². The van der Waals surface area contributed by atoms with E-state index in [9.17, 15) is 12.8 Å². The summed E-state index contributed by atoms with van der Waals surface area (Å²) in [6, 6.07) is 11.6. The van der Waals surface area contributed by atoms with Crippen molar-refractivity contribution in [2.45, 2.75) is 13.5 Å². The molecule has 1 N–H and O–H groups in total. The molecular formula is C18H16FN3O2S. The Bertz CT molecular complexity index is 1110. The van der Waals surface area contributed by atoms with E-state index in [0.29, 0.717) is 17.8 Å². The monoisotopic (exact) mass is 357 g/mol. The summed E-state index contributed by atoms with van der Waals surface area (Å²) in [6.07, 6.45) is 3.00. The van der Waals surface area contributed by atoms with Crippen LogP contribution in [-0.2, 0) is 16.6 Å². The van der Waals surface area contributed by atoms with Crippen LogP contribution in [0.4, 0.5) is 10.1 Å². The molecule has 2 aromatic carbocycles. The average molecular weight is 357 g/mol. The molecule has 0 fully saturated rings. The zero-order valence-electron chi connectivity index (χ0n) is 13.7. The molecule has 0 atom stereocenters. The predicted molar refractivity (Wildman–Crippen MR) is 96.2 cm³/mol. The highest BCUT2D eigenvalue weighted by Gasteiger charge is 2.13. The van der Waals surface area contributed by atoms with Crippen molar-refractivity contribution < 1.29 is 12.8 Å². The molecule has 0 amide bonds. The van der Waals surface area contributed by atoms with Crippen LogP contribution in [0.2, 0.25) is 0 Å². The maximum atomic E-state index is 14.0. The summed E-state index contributed by atoms with van der Waals surface area (Å²) >= 11 is 0. The number of sulfonamides is 1. The second-order valence-electron chi connectivity index (χ2n) is 5.74. The number of hydrogen-bond donors (Lipinski definition) is 1. The van der Waals surface area contributed by atoms with E-state index in [1.165, 1.54) is 12.1 Å². The predicted octanol–water partition coefficient (Wildman–Crippen LogP) is 3.71. The molecule has 0 spiro atoms. The van der Waals surface area contributed by atoms with E-state index in [1.807, 2.05) is 23.8 Å². The number of aryl methyl sites for hydroxylation is 1. The first-order valence-corrected chi connectivity index (χ1v) is 9.52. The molecule has 0 bridgehead atoms. The van der Waals surface area contributed by atoms with Crippen LogP contribution in [0.1, 0.15) is 12.5 Å². The summed E-state index contributed by atoms with van der Waals surface area (Å²) in [5.41, 5.74) is 2.81. The molecule has 0 saturated carbocycles. The van der Waals surface area contributed by atoms with Gasteiger partial charge in [0.05, 0.1) is 23.0 Å². The highest BCUT2D eigenvalue weighted by Crippen LogP contribution is 2.33. The molecule has 1 aromatic heterocycles. The first kappa shape index (κ1) is 17.0. The topological polar surface area (TPSA) is 74.9 Å². The highest BCUT2D eigenvalue weighted by atomic mass is 32.2. The second-order valence-corrected chi connectivity index (χ2v) is 7.49. The zero-order chi connectivity index (χ0) is 18.2. The van der Waals surface area contributed by atoms with E-state index in [1.54, 1.807) is 24.3 Å². The van der Waals surface area contributed by atoms with Gasteiger partial charge in [-0.2, -0.15) is 5.26 Å². The van der Waals surface area contributed by atoms with Crippen molar-refractivity contribution in [3.05, 3.63) is 54.0 Å². The number of nitriles is 1. The number of nitrogens with one attached hydrogen (secondary N) is 1. The zero-order valence-corrected chi connectivity index (χ0v) is 14.6. The van der Waals surface area contributed by atoms with Gasteiger partial charge in [-0.1, -0.05) is 12.1 Å². The quantitative estimate of drug-likeness (QED) is 0.773. The van der Waals surface area contributed by atoms with Crippen LogP contribution < -0.4 is 4.72 Å². The summed E-state index contributed by atoms with van der Waals surface area (Å²) in [6.45, 7) is 2.65. The van der Waals surface area contributed by atoms with Crippen LogP contribution in [-0.4, -0.2) is 19.2 Å². The molecule has 5 nitrogen and oxygen atoms in total. The minimum absolute atomic E-state index is 0.00242. The number of rotatable bonds is 4. The first-order valence-electron chi connectivity index (χ1n) is 7.63. The molecule has 0 unspecified atom stereocenters. The first-order chi connectivity index (χ1) is 11.8. The van der Waals surface area contributed by atoms with Crippen molar-refractivity contribution in [3.8, 4) is 17.2 Å². The normalized spacial score (nSPS) is 11.4. The number of nitrogens with zero attached hydrogens (tertiary/aromatic N) is 2. The molecule has 0 radical (unpaired) electrons. The standard InChI is InChI=1S/C18H16FN3O2S/c1-3-22-11-16(12-4-5-13(10-20)17(19)8-12)15-7-6-14(9-18(15)22)21-25(2,23)24/h4-9,11,21H,3H2,1-2H3. The molecule has 3 rings (SSSR count). The lowest BCUT2D eigenvalue weighted by molar-refractivity contribution is 0.607. The smallest absolute Gasteiger partial charge is 0.229 e. The fourth-order valence-electron chi connectivity index (χ4n) is 2.83. The van der Waals surface area contributed by atoms with Crippen molar-refractivity contribution in [1.82, 2.24) is 4.57 Å². The number of fused-ring (bicyclic) bond motifs is 1. The summed E-state index contributed by atoms with van der Waals surface area (Å²) < 4.78 is 41.3. The third-order valence-corrected chi connectivity index (χ3v) is 4.53. The van der Waals surface area contributed by atoms with Gasteiger partial charge in [-0.05, 0) is 36.8 Å². The van der Waals surface area contributed by atoms with Crippen LogP contribution in [0.25, 0.3) is 22.0 Å². The summed E-state index contributed by atoms with van der Waals surface area (Å²) in [5.74, 6) is -0.562. The van der Waals surface area contributed by atoms with Gasteiger partial charge >= 0.3 is 0 Å². The highest BCUT2D eigenvalue weighted by molar-refractivity contribution is 7.92. The van der Waals surface area contributed by atoms with Crippen LogP contribution in [0.15, 0.2) is 42.6 Å².